The molecule has 1 aromatic rings. The molecule has 5 heteroatoms. The molecule has 0 aliphatic carbocycles. The van der Waals surface area contributed by atoms with Crippen molar-refractivity contribution in [1.82, 2.24) is 0 Å². The molecule has 0 unspecified atom stereocenters. The van der Waals surface area contributed by atoms with E-state index in [0.717, 1.165) is 0 Å². The summed E-state index contributed by atoms with van der Waals surface area (Å²) in [5, 5.41) is 0.419. The Kier molecular flexibility index (Phi) is 4.99. The quantitative estimate of drug-likeness (QED) is 0.520. The number of carbonyl (C=O) groups is 1. The van der Waals surface area contributed by atoms with Crippen LogP contribution in [0, 0.1) is 0 Å². The molecule has 0 saturated carbocycles. The first-order valence-corrected chi connectivity index (χ1v) is 6.03. The molecule has 0 aromatic heterocycles. The summed E-state index contributed by atoms with van der Waals surface area (Å²) in [7, 11) is 0. The van der Waals surface area contributed by atoms with Crippen LogP contribution in [0.4, 0.5) is 5.69 Å². The fraction of sp³-hybridized carbons (Fsp3) is 0.462. The molecule has 100 valence electrons. The van der Waals surface area contributed by atoms with Gasteiger partial charge in [-0.25, -0.2) is 4.79 Å². The van der Waals surface area contributed by atoms with Crippen LogP contribution < -0.4 is 5.73 Å². The predicted octanol–water partition coefficient (Wildman–Crippen LogP) is 2.89. The predicted molar refractivity (Wildman–Crippen MR) is 71.9 cm³/mol. The standard InChI is InChI=1S/C13H18ClNO3/c1-13(2,3)18-7-6-17-12(16)9-4-5-10(14)11(15)8-9/h4-5,8H,6-7,15H2,1-3H3. The van der Waals surface area contributed by atoms with E-state index < -0.39 is 5.97 Å². The monoisotopic (exact) mass is 271 g/mol. The van der Waals surface area contributed by atoms with Gasteiger partial charge in [-0.05, 0) is 39.0 Å². The van der Waals surface area contributed by atoms with Gasteiger partial charge in [-0.15, -0.1) is 0 Å². The van der Waals surface area contributed by atoms with Gasteiger partial charge in [0.1, 0.15) is 6.61 Å². The van der Waals surface area contributed by atoms with Crippen LogP contribution in [0.1, 0.15) is 31.1 Å². The molecule has 2 N–H and O–H groups in total. The molecular formula is C13H18ClNO3. The second-order valence-corrected chi connectivity index (χ2v) is 5.24. The molecular weight excluding hydrogens is 254 g/mol. The highest BCUT2D eigenvalue weighted by molar-refractivity contribution is 6.33. The maximum absolute atomic E-state index is 11.7. The molecule has 18 heavy (non-hydrogen) atoms. The molecule has 0 bridgehead atoms. The van der Waals surface area contributed by atoms with Crippen LogP contribution in [0.15, 0.2) is 18.2 Å². The molecule has 0 fully saturated rings. The van der Waals surface area contributed by atoms with Crippen LogP contribution in [0.25, 0.3) is 0 Å². The highest BCUT2D eigenvalue weighted by Gasteiger charge is 2.12. The Morgan fingerprint density at radius 2 is 2.00 bits per heavy atom. The molecule has 0 aliphatic heterocycles. The lowest BCUT2D eigenvalue weighted by atomic mass is 10.2. The van der Waals surface area contributed by atoms with E-state index in [1.165, 1.54) is 6.07 Å². The van der Waals surface area contributed by atoms with Crippen molar-refractivity contribution in [3.63, 3.8) is 0 Å². The average Bonchev–Trinajstić information content (AvgIpc) is 2.26. The molecule has 1 rings (SSSR count). The lowest BCUT2D eigenvalue weighted by Gasteiger charge is -2.19. The van der Waals surface area contributed by atoms with Gasteiger partial charge in [0.25, 0.3) is 0 Å². The number of halogens is 1. The van der Waals surface area contributed by atoms with E-state index in [1.807, 2.05) is 20.8 Å². The Morgan fingerprint density at radius 3 is 2.56 bits per heavy atom. The third-order valence-electron chi connectivity index (χ3n) is 2.08. The minimum atomic E-state index is -0.434. The zero-order chi connectivity index (χ0) is 13.8. The maximum Gasteiger partial charge on any atom is 0.338 e. The van der Waals surface area contributed by atoms with Gasteiger partial charge in [0.2, 0.25) is 0 Å². The molecule has 4 nitrogen and oxygen atoms in total. The second-order valence-electron chi connectivity index (χ2n) is 4.83. The second kappa shape index (κ2) is 6.07. The van der Waals surface area contributed by atoms with Gasteiger partial charge in [-0.3, -0.25) is 0 Å². The normalized spacial score (nSPS) is 11.3. The van der Waals surface area contributed by atoms with Gasteiger partial charge >= 0.3 is 5.97 Å². The van der Waals surface area contributed by atoms with Crippen LogP contribution >= 0.6 is 11.6 Å². The molecule has 0 aliphatic rings. The van der Waals surface area contributed by atoms with E-state index in [9.17, 15) is 4.79 Å². The molecule has 0 spiro atoms. The first-order valence-electron chi connectivity index (χ1n) is 5.66. The number of rotatable bonds is 4. The fourth-order valence-corrected chi connectivity index (χ4v) is 1.35. The van der Waals surface area contributed by atoms with Crippen molar-refractivity contribution in [3.05, 3.63) is 28.8 Å². The van der Waals surface area contributed by atoms with Gasteiger partial charge in [0.15, 0.2) is 0 Å². The van der Waals surface area contributed by atoms with E-state index in [0.29, 0.717) is 22.9 Å². The van der Waals surface area contributed by atoms with E-state index in [2.05, 4.69) is 0 Å². The molecule has 0 radical (unpaired) electrons. The van der Waals surface area contributed by atoms with Crippen molar-refractivity contribution in [1.29, 1.82) is 0 Å². The minimum absolute atomic E-state index is 0.207. The third-order valence-corrected chi connectivity index (χ3v) is 2.43. The van der Waals surface area contributed by atoms with E-state index in [4.69, 9.17) is 26.8 Å². The number of benzene rings is 1. The zero-order valence-electron chi connectivity index (χ0n) is 10.8. The number of anilines is 1. The van der Waals surface area contributed by atoms with Gasteiger partial charge in [-0.2, -0.15) is 0 Å². The Bertz CT molecular complexity index is 427. The Morgan fingerprint density at radius 1 is 1.33 bits per heavy atom. The fourth-order valence-electron chi connectivity index (χ4n) is 1.24. The number of esters is 1. The highest BCUT2D eigenvalue weighted by Crippen LogP contribution is 2.19. The summed E-state index contributed by atoms with van der Waals surface area (Å²) in [5.41, 5.74) is 6.11. The summed E-state index contributed by atoms with van der Waals surface area (Å²) >= 11 is 5.77. The average molecular weight is 272 g/mol. The number of hydrogen-bond donors (Lipinski definition) is 1. The third kappa shape index (κ3) is 4.94. The molecule has 1 aromatic carbocycles. The van der Waals surface area contributed by atoms with Gasteiger partial charge in [0, 0.05) is 0 Å². The highest BCUT2D eigenvalue weighted by atomic mass is 35.5. The van der Waals surface area contributed by atoms with Crippen LogP contribution in [0.5, 0.6) is 0 Å². The lowest BCUT2D eigenvalue weighted by molar-refractivity contribution is -0.0281. The number of hydrogen-bond acceptors (Lipinski definition) is 4. The van der Waals surface area contributed by atoms with Crippen LogP contribution in [-0.4, -0.2) is 24.8 Å². The summed E-state index contributed by atoms with van der Waals surface area (Å²) in [6.45, 7) is 6.38. The summed E-state index contributed by atoms with van der Waals surface area (Å²) in [5.74, 6) is -0.434. The van der Waals surface area contributed by atoms with Crippen molar-refractivity contribution < 1.29 is 14.3 Å². The first kappa shape index (κ1) is 14.8. The number of ether oxygens (including phenoxy) is 2. The van der Waals surface area contributed by atoms with Crippen LogP contribution in [-0.2, 0) is 9.47 Å². The number of carbonyl (C=O) groups excluding carboxylic acids is 1. The summed E-state index contributed by atoms with van der Waals surface area (Å²) in [6, 6.07) is 4.64. The first-order chi connectivity index (χ1) is 8.29. The zero-order valence-corrected chi connectivity index (χ0v) is 11.6. The molecule has 0 heterocycles. The summed E-state index contributed by atoms with van der Waals surface area (Å²) < 4.78 is 10.5. The van der Waals surface area contributed by atoms with Crippen molar-refractivity contribution in [2.45, 2.75) is 26.4 Å². The van der Waals surface area contributed by atoms with Gasteiger partial charge in [0.05, 0.1) is 28.5 Å². The van der Waals surface area contributed by atoms with Gasteiger partial charge < -0.3 is 15.2 Å². The number of nitrogen functional groups attached to an aromatic ring is 1. The Hall–Kier alpha value is -1.26. The smallest absolute Gasteiger partial charge is 0.338 e. The van der Waals surface area contributed by atoms with E-state index >= 15 is 0 Å². The molecule has 0 amide bonds. The molecule has 0 saturated heterocycles. The van der Waals surface area contributed by atoms with Crippen molar-refractivity contribution in [3.8, 4) is 0 Å². The summed E-state index contributed by atoms with van der Waals surface area (Å²) in [6.07, 6.45) is 0. The van der Waals surface area contributed by atoms with E-state index in [-0.39, 0.29) is 12.2 Å². The number of nitrogens with two attached hydrogens (primary N) is 1. The Balaban J connectivity index is 2.43. The maximum atomic E-state index is 11.7. The van der Waals surface area contributed by atoms with Gasteiger partial charge in [-0.1, -0.05) is 11.6 Å². The van der Waals surface area contributed by atoms with E-state index in [1.54, 1.807) is 12.1 Å². The molecule has 0 atom stereocenters. The minimum Gasteiger partial charge on any atom is -0.460 e. The van der Waals surface area contributed by atoms with Crippen LogP contribution in [0.2, 0.25) is 5.02 Å². The van der Waals surface area contributed by atoms with Crippen molar-refractivity contribution in [2.75, 3.05) is 18.9 Å². The van der Waals surface area contributed by atoms with Crippen molar-refractivity contribution >= 4 is 23.3 Å². The summed E-state index contributed by atoms with van der Waals surface area (Å²) in [4.78, 5) is 11.7. The lowest BCUT2D eigenvalue weighted by Crippen LogP contribution is -2.22. The topological polar surface area (TPSA) is 61.5 Å². The SMILES string of the molecule is CC(C)(C)OCCOC(=O)c1ccc(Cl)c(N)c1. The van der Waals surface area contributed by atoms with Crippen LogP contribution in [0.3, 0.4) is 0 Å². The van der Waals surface area contributed by atoms with Crippen molar-refractivity contribution in [2.24, 2.45) is 0 Å². The Labute approximate surface area is 112 Å². The largest absolute Gasteiger partial charge is 0.460 e.